The Morgan fingerprint density at radius 2 is 0.661 bits per heavy atom. The summed E-state index contributed by atoms with van der Waals surface area (Å²) in [5.74, 6) is 0. The van der Waals surface area contributed by atoms with Crippen molar-refractivity contribution in [2.24, 2.45) is 0 Å². The van der Waals surface area contributed by atoms with Crippen LogP contribution in [0, 0.1) is 0 Å². The molecule has 0 fully saturated rings. The van der Waals surface area contributed by atoms with Crippen molar-refractivity contribution in [3.63, 3.8) is 0 Å². The summed E-state index contributed by atoms with van der Waals surface area (Å²) in [4.78, 5) is 1.15. The smallest absolute Gasteiger partial charge is 0.206 e. The van der Waals surface area contributed by atoms with Crippen LogP contribution in [0.5, 0.6) is 0 Å². The first-order valence-corrected chi connectivity index (χ1v) is 23.9. The van der Waals surface area contributed by atoms with Gasteiger partial charge in [0.25, 0.3) is 0 Å². The summed E-state index contributed by atoms with van der Waals surface area (Å²) in [7, 11) is -6.97. The van der Waals surface area contributed by atoms with E-state index in [4.69, 9.17) is 0 Å². The van der Waals surface area contributed by atoms with E-state index in [-0.39, 0.29) is 9.79 Å². The normalized spacial score (nSPS) is 11.8. The molecule has 1 aliphatic rings. The Hall–Kier alpha value is -5.10. The molecule has 1 aliphatic carbocycles. The number of hydrogen-bond donors (Lipinski definition) is 0. The molecule has 1 heterocycles. The molecule has 0 bridgehead atoms. The quantitative estimate of drug-likeness (QED) is 0.172. The molecule has 10 heteroatoms. The van der Waals surface area contributed by atoms with Crippen LogP contribution in [0.2, 0.25) is 0 Å². The van der Waals surface area contributed by atoms with E-state index in [0.29, 0.717) is 9.79 Å². The van der Waals surface area contributed by atoms with E-state index in [9.17, 15) is 16.8 Å². The Morgan fingerprint density at radius 1 is 0.356 bits per heavy atom. The Bertz CT molecular complexity index is 3020. The largest absolute Gasteiger partial charge is 0.309 e. The third kappa shape index (κ3) is 8.51. The highest BCUT2D eigenvalue weighted by Gasteiger charge is 2.20. The zero-order valence-electron chi connectivity index (χ0n) is 31.2. The molecular formula is C49H34Br3NO4S2. The van der Waals surface area contributed by atoms with Crippen LogP contribution in [0.15, 0.2) is 227 Å². The van der Waals surface area contributed by atoms with Crippen LogP contribution in [0.1, 0.15) is 11.1 Å². The van der Waals surface area contributed by atoms with Crippen LogP contribution in [-0.4, -0.2) is 21.4 Å². The van der Waals surface area contributed by atoms with Gasteiger partial charge in [-0.15, -0.1) is 0 Å². The third-order valence-electron chi connectivity index (χ3n) is 10.1. The molecule has 59 heavy (non-hydrogen) atoms. The molecule has 0 aliphatic heterocycles. The van der Waals surface area contributed by atoms with Gasteiger partial charge in [0.05, 0.1) is 30.6 Å². The standard InChI is InChI=1S/C24H16BrNO2S.C13H10.C12H8Br2O2S/c25-17-9-13-19(14-10-17)29(27,28)20-15-11-18(12-16-20)26-23-7-3-1-5-21(23)22-6-2-4-8-24(22)26;1-3-7-12-10(5-1)9-11-6-2-4-8-13(11)12;13-9-1-5-11(6-2-9)17(15,16)12-7-3-10(14)4-8-12/h1-16H;1-8H,9H2;1-8H. The fourth-order valence-electron chi connectivity index (χ4n) is 7.17. The van der Waals surface area contributed by atoms with Gasteiger partial charge >= 0.3 is 0 Å². The second-order valence-corrected chi connectivity index (χ2v) is 20.4. The Kier molecular flexibility index (Phi) is 11.9. The van der Waals surface area contributed by atoms with Gasteiger partial charge in [-0.05, 0) is 138 Å². The first-order valence-electron chi connectivity index (χ1n) is 18.5. The minimum atomic E-state index is -3.56. The summed E-state index contributed by atoms with van der Waals surface area (Å²) >= 11 is 9.90. The monoisotopic (exact) mass is 1000 g/mol. The van der Waals surface area contributed by atoms with E-state index in [0.717, 1.165) is 36.6 Å². The third-order valence-corrected chi connectivity index (χ3v) is 15.2. The maximum Gasteiger partial charge on any atom is 0.206 e. The summed E-state index contributed by atoms with van der Waals surface area (Å²) in [5, 5.41) is 2.35. The molecule has 0 spiro atoms. The minimum absolute atomic E-state index is 0.282. The van der Waals surface area contributed by atoms with Gasteiger partial charge in [0.15, 0.2) is 0 Å². The average molecular weight is 1000 g/mol. The van der Waals surface area contributed by atoms with Crippen LogP contribution < -0.4 is 0 Å². The number of rotatable bonds is 5. The topological polar surface area (TPSA) is 73.2 Å². The van der Waals surface area contributed by atoms with Crippen LogP contribution in [-0.2, 0) is 26.1 Å². The van der Waals surface area contributed by atoms with Gasteiger partial charge < -0.3 is 4.57 Å². The molecule has 0 unspecified atom stereocenters. The fraction of sp³-hybridized carbons (Fsp3) is 0.0204. The molecule has 8 aromatic carbocycles. The first kappa shape index (κ1) is 40.7. The number of nitrogens with zero attached hydrogens (tertiary/aromatic N) is 1. The Morgan fingerprint density at radius 3 is 1.03 bits per heavy atom. The molecule has 0 saturated carbocycles. The predicted octanol–water partition coefficient (Wildman–Crippen LogP) is 13.7. The van der Waals surface area contributed by atoms with Gasteiger partial charge in [0.1, 0.15) is 0 Å². The molecule has 9 aromatic rings. The molecular weight excluding hydrogens is 970 g/mol. The van der Waals surface area contributed by atoms with Gasteiger partial charge in [0.2, 0.25) is 19.7 Å². The van der Waals surface area contributed by atoms with Crippen molar-refractivity contribution in [2.45, 2.75) is 26.0 Å². The van der Waals surface area contributed by atoms with Crippen molar-refractivity contribution in [3.05, 3.63) is 219 Å². The van der Waals surface area contributed by atoms with Gasteiger partial charge in [-0.3, -0.25) is 0 Å². The molecule has 0 saturated heterocycles. The van der Waals surface area contributed by atoms with Crippen LogP contribution in [0.4, 0.5) is 0 Å². The van der Waals surface area contributed by atoms with E-state index in [1.165, 1.54) is 33.0 Å². The van der Waals surface area contributed by atoms with Crippen molar-refractivity contribution >= 4 is 89.3 Å². The molecule has 0 amide bonds. The van der Waals surface area contributed by atoms with Gasteiger partial charge in [-0.2, -0.15) is 0 Å². The number of aromatic nitrogens is 1. The second kappa shape index (κ2) is 17.2. The lowest BCUT2D eigenvalue weighted by atomic mass is 10.1. The highest BCUT2D eigenvalue weighted by molar-refractivity contribution is 9.11. The van der Waals surface area contributed by atoms with E-state index >= 15 is 0 Å². The van der Waals surface area contributed by atoms with Crippen LogP contribution in [0.25, 0.3) is 38.6 Å². The molecule has 0 radical (unpaired) electrons. The first-order chi connectivity index (χ1) is 28.5. The Labute approximate surface area is 369 Å². The maximum atomic E-state index is 12.9. The average Bonchev–Trinajstić information content (AvgIpc) is 3.81. The van der Waals surface area contributed by atoms with Crippen molar-refractivity contribution < 1.29 is 16.8 Å². The van der Waals surface area contributed by atoms with Crippen molar-refractivity contribution in [1.82, 2.24) is 4.57 Å². The highest BCUT2D eigenvalue weighted by atomic mass is 79.9. The molecule has 0 atom stereocenters. The molecule has 5 nitrogen and oxygen atoms in total. The number of fused-ring (bicyclic) bond motifs is 6. The predicted molar refractivity (Wildman–Crippen MR) is 249 cm³/mol. The number of hydrogen-bond acceptors (Lipinski definition) is 4. The lowest BCUT2D eigenvalue weighted by Crippen LogP contribution is -2.02. The number of halogens is 3. The van der Waals surface area contributed by atoms with Crippen LogP contribution in [0.3, 0.4) is 0 Å². The van der Waals surface area contributed by atoms with Crippen molar-refractivity contribution in [3.8, 4) is 16.8 Å². The molecule has 10 rings (SSSR count). The second-order valence-electron chi connectivity index (χ2n) is 13.7. The highest BCUT2D eigenvalue weighted by Crippen LogP contribution is 2.36. The summed E-state index contributed by atoms with van der Waals surface area (Å²) in [6, 6.07) is 60.8. The number of benzene rings is 8. The Balaban J connectivity index is 0.000000136. The van der Waals surface area contributed by atoms with E-state index in [1.54, 1.807) is 84.9 Å². The summed E-state index contributed by atoms with van der Waals surface area (Å²) in [6.45, 7) is 0. The lowest BCUT2D eigenvalue weighted by molar-refractivity contribution is 0.594. The zero-order chi connectivity index (χ0) is 41.1. The van der Waals surface area contributed by atoms with Crippen molar-refractivity contribution in [2.75, 3.05) is 0 Å². The lowest BCUT2D eigenvalue weighted by Gasteiger charge is -2.10. The molecule has 1 aromatic heterocycles. The number of sulfone groups is 2. The van der Waals surface area contributed by atoms with Gasteiger partial charge in [-0.25, -0.2) is 16.8 Å². The summed E-state index contributed by atoms with van der Waals surface area (Å²) in [6.07, 6.45) is 1.10. The van der Waals surface area contributed by atoms with Gasteiger partial charge in [-0.1, -0.05) is 133 Å². The molecule has 292 valence electrons. The zero-order valence-corrected chi connectivity index (χ0v) is 37.6. The van der Waals surface area contributed by atoms with Crippen molar-refractivity contribution in [1.29, 1.82) is 0 Å². The molecule has 0 N–H and O–H groups in total. The maximum absolute atomic E-state index is 12.9. The van der Waals surface area contributed by atoms with E-state index < -0.39 is 19.7 Å². The van der Waals surface area contributed by atoms with E-state index in [2.05, 4.69) is 125 Å². The SMILES string of the molecule is O=S(=O)(c1ccc(Br)cc1)c1ccc(-n2c3ccccc3c3ccccc32)cc1.O=S(=O)(c1ccc(Br)cc1)c1ccc(Br)cc1.c1ccc2c(c1)Cc1ccccc1-2. The summed E-state index contributed by atoms with van der Waals surface area (Å²) < 4.78 is 55.1. The van der Waals surface area contributed by atoms with E-state index in [1.807, 2.05) is 36.4 Å². The minimum Gasteiger partial charge on any atom is -0.309 e. The van der Waals surface area contributed by atoms with Gasteiger partial charge in [0, 0.05) is 29.9 Å². The fourth-order valence-corrected chi connectivity index (χ4v) is 10.5. The summed E-state index contributed by atoms with van der Waals surface area (Å²) in [5.41, 5.74) is 8.87. The van der Waals surface area contributed by atoms with Crippen LogP contribution >= 0.6 is 47.8 Å². The number of para-hydroxylation sites is 2.